The van der Waals surface area contributed by atoms with Gasteiger partial charge in [-0.1, -0.05) is 23.7 Å². The molecule has 0 N–H and O–H groups in total. The van der Waals surface area contributed by atoms with Crippen molar-refractivity contribution in [3.63, 3.8) is 0 Å². The van der Waals surface area contributed by atoms with Gasteiger partial charge in [-0.15, -0.1) is 11.8 Å². The van der Waals surface area contributed by atoms with Gasteiger partial charge in [0.25, 0.3) is 0 Å². The number of oxazole rings is 1. The van der Waals surface area contributed by atoms with Crippen LogP contribution in [0.25, 0.3) is 11.3 Å². The van der Waals surface area contributed by atoms with Gasteiger partial charge in [0.2, 0.25) is 5.89 Å². The van der Waals surface area contributed by atoms with Crippen molar-refractivity contribution in [3.8, 4) is 22.8 Å². The summed E-state index contributed by atoms with van der Waals surface area (Å²) < 4.78 is 16.9. The van der Waals surface area contributed by atoms with Crippen molar-refractivity contribution in [2.75, 3.05) is 13.2 Å². The second-order valence-electron chi connectivity index (χ2n) is 5.22. The molecule has 0 unspecified atom stereocenters. The lowest BCUT2D eigenvalue weighted by Crippen LogP contribution is -2.15. The molecule has 0 atom stereocenters. The molecule has 1 aliphatic rings. The monoisotopic (exact) mass is 359 g/mol. The van der Waals surface area contributed by atoms with Gasteiger partial charge in [0.1, 0.15) is 13.2 Å². The third-order valence-corrected chi connectivity index (χ3v) is 4.75. The molecule has 0 saturated carbocycles. The smallest absolute Gasteiger partial charge is 0.205 e. The Hall–Kier alpha value is -2.11. The molecule has 3 aromatic rings. The summed E-state index contributed by atoms with van der Waals surface area (Å²) in [6.45, 7) is 1.19. The van der Waals surface area contributed by atoms with Crippen molar-refractivity contribution in [1.29, 1.82) is 0 Å². The lowest BCUT2D eigenvalue weighted by molar-refractivity contribution is 0.171. The zero-order chi connectivity index (χ0) is 16.4. The predicted octanol–water partition coefficient (Wildman–Crippen LogP) is 5.06. The van der Waals surface area contributed by atoms with E-state index in [1.165, 1.54) is 0 Å². The highest BCUT2D eigenvalue weighted by atomic mass is 35.5. The first-order valence-corrected chi connectivity index (χ1v) is 8.87. The number of benzene rings is 2. The van der Waals surface area contributed by atoms with Gasteiger partial charge < -0.3 is 13.9 Å². The zero-order valence-electron chi connectivity index (χ0n) is 12.7. The van der Waals surface area contributed by atoms with Crippen molar-refractivity contribution >= 4 is 23.4 Å². The number of fused-ring (bicyclic) bond motifs is 1. The average molecular weight is 360 g/mol. The summed E-state index contributed by atoms with van der Waals surface area (Å²) in [7, 11) is 0. The molecule has 2 aromatic carbocycles. The molecule has 1 aliphatic heterocycles. The maximum atomic E-state index is 6.01. The normalized spacial score (nSPS) is 13.0. The summed E-state index contributed by atoms with van der Waals surface area (Å²) >= 11 is 7.65. The molecule has 0 saturated heterocycles. The standard InChI is InChI=1S/C18H14ClNO3S/c19-13-3-1-2-12(8-13)17-10-20-18(23-17)11-24-14-4-5-15-16(9-14)22-7-6-21-15/h1-5,8-10H,6-7,11H2. The average Bonchev–Trinajstić information content (AvgIpc) is 3.09. The summed E-state index contributed by atoms with van der Waals surface area (Å²) in [5.74, 6) is 3.61. The fraction of sp³-hybridized carbons (Fsp3) is 0.167. The Bertz CT molecular complexity index is 865. The minimum absolute atomic E-state index is 0.587. The van der Waals surface area contributed by atoms with E-state index >= 15 is 0 Å². The van der Waals surface area contributed by atoms with E-state index in [-0.39, 0.29) is 0 Å². The van der Waals surface area contributed by atoms with Crippen molar-refractivity contribution in [2.24, 2.45) is 0 Å². The van der Waals surface area contributed by atoms with Crippen LogP contribution >= 0.6 is 23.4 Å². The number of rotatable bonds is 4. The molecule has 0 radical (unpaired) electrons. The Labute approximate surface area is 148 Å². The first-order chi connectivity index (χ1) is 11.8. The molecule has 24 heavy (non-hydrogen) atoms. The Morgan fingerprint density at radius 2 is 1.92 bits per heavy atom. The SMILES string of the molecule is Clc1cccc(-c2cnc(CSc3ccc4c(c3)OCCO4)o2)c1. The number of thioether (sulfide) groups is 1. The number of ether oxygens (including phenoxy) is 2. The van der Waals surface area contributed by atoms with Gasteiger partial charge in [0.05, 0.1) is 11.9 Å². The van der Waals surface area contributed by atoms with Gasteiger partial charge in [-0.3, -0.25) is 0 Å². The first kappa shape index (κ1) is 15.4. The van der Waals surface area contributed by atoms with Gasteiger partial charge in [0.15, 0.2) is 17.3 Å². The van der Waals surface area contributed by atoms with Gasteiger partial charge in [0, 0.05) is 15.5 Å². The molecular weight excluding hydrogens is 346 g/mol. The molecule has 4 nitrogen and oxygen atoms in total. The Kier molecular flexibility index (Phi) is 4.36. The lowest BCUT2D eigenvalue weighted by atomic mass is 10.2. The van der Waals surface area contributed by atoms with E-state index in [9.17, 15) is 0 Å². The highest BCUT2D eigenvalue weighted by Crippen LogP contribution is 2.35. The molecule has 0 aliphatic carbocycles. The molecular formula is C18H14ClNO3S. The molecule has 6 heteroatoms. The van der Waals surface area contributed by atoms with Crippen LogP contribution in [-0.4, -0.2) is 18.2 Å². The van der Waals surface area contributed by atoms with Crippen LogP contribution in [0.5, 0.6) is 11.5 Å². The maximum absolute atomic E-state index is 6.01. The van der Waals surface area contributed by atoms with Crippen LogP contribution in [0, 0.1) is 0 Å². The molecule has 4 rings (SSSR count). The van der Waals surface area contributed by atoms with Crippen molar-refractivity contribution in [2.45, 2.75) is 10.6 Å². The lowest BCUT2D eigenvalue weighted by Gasteiger charge is -2.18. The van der Waals surface area contributed by atoms with E-state index in [1.54, 1.807) is 18.0 Å². The summed E-state index contributed by atoms with van der Waals surface area (Å²) in [5, 5.41) is 0.677. The Balaban J connectivity index is 1.45. The number of aromatic nitrogens is 1. The van der Waals surface area contributed by atoms with Crippen LogP contribution in [-0.2, 0) is 5.75 Å². The number of hydrogen-bond acceptors (Lipinski definition) is 5. The first-order valence-electron chi connectivity index (χ1n) is 7.51. The van der Waals surface area contributed by atoms with E-state index in [0.717, 1.165) is 27.7 Å². The van der Waals surface area contributed by atoms with Crippen LogP contribution in [0.3, 0.4) is 0 Å². The minimum Gasteiger partial charge on any atom is -0.486 e. The van der Waals surface area contributed by atoms with Crippen molar-refractivity contribution in [1.82, 2.24) is 4.98 Å². The molecule has 2 heterocycles. The van der Waals surface area contributed by atoms with Gasteiger partial charge >= 0.3 is 0 Å². The van der Waals surface area contributed by atoms with E-state index in [4.69, 9.17) is 25.5 Å². The van der Waals surface area contributed by atoms with Crippen LogP contribution in [0.15, 0.2) is 58.0 Å². The maximum Gasteiger partial charge on any atom is 0.205 e. The van der Waals surface area contributed by atoms with Crippen molar-refractivity contribution < 1.29 is 13.9 Å². The second-order valence-corrected chi connectivity index (χ2v) is 6.71. The second kappa shape index (κ2) is 6.79. The molecule has 0 amide bonds. The van der Waals surface area contributed by atoms with Gasteiger partial charge in [-0.25, -0.2) is 4.98 Å². The fourth-order valence-electron chi connectivity index (χ4n) is 2.41. The van der Waals surface area contributed by atoms with Gasteiger partial charge in [-0.2, -0.15) is 0 Å². The Morgan fingerprint density at radius 1 is 1.04 bits per heavy atom. The van der Waals surface area contributed by atoms with Crippen molar-refractivity contribution in [3.05, 3.63) is 59.6 Å². The van der Waals surface area contributed by atoms with Crippen LogP contribution < -0.4 is 9.47 Å². The highest BCUT2D eigenvalue weighted by Gasteiger charge is 2.13. The molecule has 0 fully saturated rings. The molecule has 0 spiro atoms. The predicted molar refractivity (Wildman–Crippen MR) is 93.9 cm³/mol. The largest absolute Gasteiger partial charge is 0.486 e. The quantitative estimate of drug-likeness (QED) is 0.609. The van der Waals surface area contributed by atoms with Crippen LogP contribution in [0.1, 0.15) is 5.89 Å². The fourth-order valence-corrected chi connectivity index (χ4v) is 3.38. The summed E-state index contributed by atoms with van der Waals surface area (Å²) in [4.78, 5) is 5.42. The topological polar surface area (TPSA) is 44.5 Å². The van der Waals surface area contributed by atoms with E-state index in [0.29, 0.717) is 29.9 Å². The highest BCUT2D eigenvalue weighted by molar-refractivity contribution is 7.98. The van der Waals surface area contributed by atoms with Crippen LogP contribution in [0.4, 0.5) is 0 Å². The van der Waals surface area contributed by atoms with E-state index in [1.807, 2.05) is 42.5 Å². The third-order valence-electron chi connectivity index (χ3n) is 3.54. The van der Waals surface area contributed by atoms with Gasteiger partial charge in [-0.05, 0) is 30.3 Å². The zero-order valence-corrected chi connectivity index (χ0v) is 14.3. The summed E-state index contributed by atoms with van der Waals surface area (Å²) in [5.41, 5.74) is 0.922. The Morgan fingerprint density at radius 3 is 2.79 bits per heavy atom. The number of hydrogen-bond donors (Lipinski definition) is 0. The molecule has 0 bridgehead atoms. The number of nitrogens with zero attached hydrogens (tertiary/aromatic N) is 1. The summed E-state index contributed by atoms with van der Waals surface area (Å²) in [6.07, 6.45) is 1.73. The molecule has 122 valence electrons. The number of halogens is 1. The minimum atomic E-state index is 0.587. The molecule has 1 aromatic heterocycles. The van der Waals surface area contributed by atoms with E-state index < -0.39 is 0 Å². The van der Waals surface area contributed by atoms with Crippen LogP contribution in [0.2, 0.25) is 5.02 Å². The third kappa shape index (κ3) is 3.37. The summed E-state index contributed by atoms with van der Waals surface area (Å²) in [6, 6.07) is 13.5. The van der Waals surface area contributed by atoms with E-state index in [2.05, 4.69) is 4.98 Å².